The Balaban J connectivity index is -0.0000000161. The van der Waals surface area contributed by atoms with E-state index in [0.717, 1.165) is 7.11 Å². The number of methoxy groups -OCH3 is 1. The molecule has 0 atom stereocenters. The van der Waals surface area contributed by atoms with Crippen molar-refractivity contribution in [2.75, 3.05) is 14.2 Å². The van der Waals surface area contributed by atoms with Gasteiger partial charge in [-0.1, -0.05) is 14.9 Å². The fourth-order valence-corrected chi connectivity index (χ4v) is 0. The SMILES string of the molecule is C.C.C=C(F)F.C=C(F)OC.C[O-].F.O=C(Cl)C(F)(F)Br.[3HH].[Na+]. The number of ether oxygens (including phenoxy) is 1. The normalized spacial score (nSPS) is 6.64. The van der Waals surface area contributed by atoms with Crippen LogP contribution in [0.15, 0.2) is 25.3 Å². The van der Waals surface area contributed by atoms with Gasteiger partial charge in [-0.3, -0.25) is 9.50 Å². The van der Waals surface area contributed by atoms with Gasteiger partial charge in [0, 0.05) is 17.4 Å². The summed E-state index contributed by atoms with van der Waals surface area (Å²) >= 11 is 6.05. The van der Waals surface area contributed by atoms with Gasteiger partial charge in [0.2, 0.25) is 0 Å². The Kier molecular flexibility index (Phi) is 74.2. The van der Waals surface area contributed by atoms with Crippen molar-refractivity contribution in [1.82, 2.24) is 0 Å². The van der Waals surface area contributed by atoms with Gasteiger partial charge >= 0.3 is 39.6 Å². The Morgan fingerprint density at radius 1 is 1.23 bits per heavy atom. The summed E-state index contributed by atoms with van der Waals surface area (Å²) in [5.74, 6) is 0. The van der Waals surface area contributed by atoms with Crippen LogP contribution in [0.1, 0.15) is 16.3 Å². The molecule has 0 bridgehead atoms. The van der Waals surface area contributed by atoms with Gasteiger partial charge in [-0.15, -0.1) is 0 Å². The topological polar surface area (TPSA) is 49.4 Å². The van der Waals surface area contributed by atoms with Crippen molar-refractivity contribution in [3.8, 4) is 0 Å². The summed E-state index contributed by atoms with van der Waals surface area (Å²) in [7, 11) is 1.97. The Morgan fingerprint density at radius 2 is 1.32 bits per heavy atom. The second-order valence-electron chi connectivity index (χ2n) is 1.67. The fraction of sp³-hybridized carbons (Fsp3) is 0.500. The first-order chi connectivity index (χ1) is 7.95. The Morgan fingerprint density at radius 3 is 1.32 bits per heavy atom. The molecule has 22 heavy (non-hydrogen) atoms. The van der Waals surface area contributed by atoms with Crippen LogP contribution in [-0.4, -0.2) is 24.3 Å². The molecule has 0 radical (unpaired) electrons. The van der Waals surface area contributed by atoms with Crippen LogP contribution in [-0.2, 0) is 9.53 Å². The molecule has 0 aliphatic carbocycles. The maximum absolute atomic E-state index is 11.3. The van der Waals surface area contributed by atoms with Crippen molar-refractivity contribution < 1.29 is 72.3 Å². The van der Waals surface area contributed by atoms with E-state index in [2.05, 4.69) is 29.5 Å². The zero-order chi connectivity index (χ0) is 15.9. The van der Waals surface area contributed by atoms with E-state index in [4.69, 9.17) is 5.11 Å². The minimum atomic E-state index is -3.56. The molecule has 0 aromatic rings. The molecule has 0 aromatic heterocycles. The van der Waals surface area contributed by atoms with Gasteiger partial charge in [0.15, 0.2) is 0 Å². The van der Waals surface area contributed by atoms with Gasteiger partial charge in [-0.25, -0.2) is 0 Å². The Labute approximate surface area is 163 Å². The number of hydrogen-bond donors (Lipinski definition) is 0. The molecule has 0 saturated heterocycles. The van der Waals surface area contributed by atoms with Crippen LogP contribution < -0.4 is 34.7 Å². The van der Waals surface area contributed by atoms with E-state index in [1.165, 1.54) is 7.11 Å². The molecule has 0 N–H and O–H groups in total. The number of rotatable bonds is 2. The fourth-order valence-electron chi connectivity index (χ4n) is 0. The van der Waals surface area contributed by atoms with E-state index < -0.39 is 22.2 Å². The van der Waals surface area contributed by atoms with Crippen molar-refractivity contribution >= 4 is 32.8 Å². The summed E-state index contributed by atoms with van der Waals surface area (Å²) in [5, 5.41) is 6.55. The minimum Gasteiger partial charge on any atom is -0.857 e. The van der Waals surface area contributed by atoms with E-state index in [-0.39, 0.29) is 50.5 Å². The second kappa shape index (κ2) is 33.0. The molecule has 0 aliphatic heterocycles. The van der Waals surface area contributed by atoms with E-state index in [9.17, 15) is 26.7 Å². The third-order valence-corrected chi connectivity index (χ3v) is 1.27. The molecule has 0 aromatic carbocycles. The largest absolute Gasteiger partial charge is 1.00 e. The minimum absolute atomic E-state index is 0. The molecule has 0 aliphatic rings. The summed E-state index contributed by atoms with van der Waals surface area (Å²) in [5.41, 5.74) is 0. The first-order valence-corrected chi connectivity index (χ1v) is 4.68. The average molecular weight is 444 g/mol. The van der Waals surface area contributed by atoms with E-state index >= 15 is 0 Å². The molecule has 0 amide bonds. The van der Waals surface area contributed by atoms with Crippen molar-refractivity contribution in [3.05, 3.63) is 25.3 Å². The van der Waals surface area contributed by atoms with Gasteiger partial charge in [-0.05, 0) is 24.8 Å². The maximum Gasteiger partial charge on any atom is 1.00 e. The molecule has 0 saturated carbocycles. The predicted octanol–water partition coefficient (Wildman–Crippen LogP) is 1.86. The number of carbonyl (C=O) groups excluding carboxylic acids is 1. The summed E-state index contributed by atoms with van der Waals surface area (Å²) < 4.78 is 57.7. The quantitative estimate of drug-likeness (QED) is 0.215. The molecule has 0 spiro atoms. The molecular formula is C10H21BrClF6NaO3. The Bertz CT molecular complexity index is 257. The second-order valence-corrected chi connectivity index (χ2v) is 3.01. The van der Waals surface area contributed by atoms with Crippen LogP contribution in [0.3, 0.4) is 0 Å². The van der Waals surface area contributed by atoms with Crippen LogP contribution >= 0.6 is 27.5 Å². The van der Waals surface area contributed by atoms with Crippen LogP contribution in [0, 0.1) is 0 Å². The number of hydrogen-bond acceptors (Lipinski definition) is 3. The van der Waals surface area contributed by atoms with Crippen LogP contribution in [0.5, 0.6) is 0 Å². The molecule has 3 nitrogen and oxygen atoms in total. The molecular weight excluding hydrogens is 420 g/mol. The number of carbonyl (C=O) groups is 1. The third kappa shape index (κ3) is 110. The van der Waals surface area contributed by atoms with Crippen molar-refractivity contribution in [2.45, 2.75) is 19.7 Å². The molecule has 0 rings (SSSR count). The maximum atomic E-state index is 11.3. The van der Waals surface area contributed by atoms with E-state index in [1.807, 2.05) is 0 Å². The Hall–Kier alpha value is 0.260. The van der Waals surface area contributed by atoms with Crippen LogP contribution in [0.2, 0.25) is 0 Å². The van der Waals surface area contributed by atoms with Crippen molar-refractivity contribution in [3.63, 3.8) is 0 Å². The molecule has 0 unspecified atom stereocenters. The molecule has 0 heterocycles. The first kappa shape index (κ1) is 49.5. The standard InChI is InChI=1S/C3H5FO.C2BrClF2O.C2H2F2.CH3O.2CH4.FH.Na.H2/c1-3(4)5-2;3-2(5,6)1(4)7;1-2(3)4;1-2;;;;;/h1H2,2H3;;1H2;1H3;2*1H4;1H;;1H/q;;;-1;;;;+1;/i;;;;;;;;1+2. The van der Waals surface area contributed by atoms with Crippen molar-refractivity contribution in [2.24, 2.45) is 0 Å². The smallest absolute Gasteiger partial charge is 0.857 e. The summed E-state index contributed by atoms with van der Waals surface area (Å²) in [4.78, 5) is 5.87. The number of alkyl halides is 3. The number of halogens is 8. The summed E-state index contributed by atoms with van der Waals surface area (Å²) in [6.07, 6.45) is -1.83. The van der Waals surface area contributed by atoms with Gasteiger partial charge in [-0.2, -0.15) is 29.1 Å². The molecule has 0 fully saturated rings. The van der Waals surface area contributed by atoms with Gasteiger partial charge in [0.1, 0.15) is 0 Å². The third-order valence-electron chi connectivity index (χ3n) is 0.444. The van der Waals surface area contributed by atoms with Crippen LogP contribution in [0.4, 0.5) is 26.7 Å². The van der Waals surface area contributed by atoms with E-state index in [1.54, 1.807) is 15.9 Å². The van der Waals surface area contributed by atoms with Crippen LogP contribution in [0.25, 0.3) is 0 Å². The van der Waals surface area contributed by atoms with Crippen molar-refractivity contribution in [1.29, 1.82) is 0 Å². The summed E-state index contributed by atoms with van der Waals surface area (Å²) in [6, 6.07) is -0.745. The first-order valence-electron chi connectivity index (χ1n) is 3.50. The molecule has 12 heteroatoms. The average Bonchev–Trinajstić information content (AvgIpc) is 2.19. The predicted molar refractivity (Wildman–Crippen MR) is 77.4 cm³/mol. The molecule has 136 valence electrons. The summed E-state index contributed by atoms with van der Waals surface area (Å²) in [6.45, 7) is 5.01. The van der Waals surface area contributed by atoms with Gasteiger partial charge < -0.3 is 9.84 Å². The van der Waals surface area contributed by atoms with Gasteiger partial charge in [0.25, 0.3) is 12.1 Å². The van der Waals surface area contributed by atoms with E-state index in [0.29, 0.717) is 0 Å². The zero-order valence-electron chi connectivity index (χ0n) is 10.7. The monoisotopic (exact) mass is 442 g/mol. The van der Waals surface area contributed by atoms with Gasteiger partial charge in [0.05, 0.1) is 7.11 Å². The zero-order valence-corrected chi connectivity index (χ0v) is 15.0.